The van der Waals surface area contributed by atoms with E-state index in [4.69, 9.17) is 16.3 Å². The molecule has 5 heteroatoms. The van der Waals surface area contributed by atoms with Crippen LogP contribution in [0.1, 0.15) is 16.0 Å². The van der Waals surface area contributed by atoms with Crippen LogP contribution in [-0.4, -0.2) is 17.2 Å². The van der Waals surface area contributed by atoms with Crippen LogP contribution < -0.4 is 4.74 Å². The van der Waals surface area contributed by atoms with E-state index in [1.165, 1.54) is 31.7 Å². The standard InChI is InChI=1S/C42H31ClO3S/c43-34-22-19-31(20-23-34)36-27-33(21-24-37(36)46-38(42(44)45)25-28-9-3-1-4-10-28)30-15-17-32(18-16-30)41-35-13-7-8-14-39(35)47-40(41)26-29-11-5-2-6-12-29/h1-24,27,38H,25-26H2,(H,44,45)/t38-/m0/s1. The minimum absolute atomic E-state index is 0.253. The van der Waals surface area contributed by atoms with Crippen molar-refractivity contribution >= 4 is 39.0 Å². The van der Waals surface area contributed by atoms with E-state index in [-0.39, 0.29) is 6.42 Å². The maximum atomic E-state index is 12.3. The molecule has 0 aliphatic carbocycles. The molecular formula is C42H31ClO3S. The quantitative estimate of drug-likeness (QED) is 0.160. The fourth-order valence-electron chi connectivity index (χ4n) is 5.98. The van der Waals surface area contributed by atoms with Gasteiger partial charge in [0.25, 0.3) is 0 Å². The summed E-state index contributed by atoms with van der Waals surface area (Å²) in [6, 6.07) is 50.9. The highest BCUT2D eigenvalue weighted by atomic mass is 35.5. The molecule has 0 unspecified atom stereocenters. The number of halogens is 1. The molecule has 0 radical (unpaired) electrons. The summed E-state index contributed by atoms with van der Waals surface area (Å²) in [5.74, 6) is -0.505. The lowest BCUT2D eigenvalue weighted by molar-refractivity contribution is -0.145. The third kappa shape index (κ3) is 6.85. The van der Waals surface area contributed by atoms with Crippen LogP contribution in [0.2, 0.25) is 5.02 Å². The summed E-state index contributed by atoms with van der Waals surface area (Å²) in [5.41, 5.74) is 8.41. The van der Waals surface area contributed by atoms with E-state index in [2.05, 4.69) is 84.9 Å². The minimum Gasteiger partial charge on any atom is -0.478 e. The first-order valence-corrected chi connectivity index (χ1v) is 16.7. The van der Waals surface area contributed by atoms with Crippen LogP contribution in [0, 0.1) is 0 Å². The molecule has 0 amide bonds. The summed E-state index contributed by atoms with van der Waals surface area (Å²) in [6.07, 6.45) is 0.0902. The Hall–Kier alpha value is -5.16. The fourth-order valence-corrected chi connectivity index (χ4v) is 7.36. The molecule has 1 N–H and O–H groups in total. The Morgan fingerprint density at radius 1 is 0.660 bits per heavy atom. The van der Waals surface area contributed by atoms with Gasteiger partial charge in [0.15, 0.2) is 6.10 Å². The van der Waals surface area contributed by atoms with Crippen LogP contribution in [0.15, 0.2) is 152 Å². The van der Waals surface area contributed by atoms with Crippen molar-refractivity contribution in [3.8, 4) is 39.1 Å². The van der Waals surface area contributed by atoms with Gasteiger partial charge < -0.3 is 9.84 Å². The Morgan fingerprint density at radius 2 is 1.26 bits per heavy atom. The first-order chi connectivity index (χ1) is 23.0. The molecule has 7 rings (SSSR count). The molecule has 0 saturated heterocycles. The number of aliphatic carboxylic acids is 1. The molecule has 1 heterocycles. The predicted molar refractivity (Wildman–Crippen MR) is 195 cm³/mol. The number of carbonyl (C=O) groups is 1. The van der Waals surface area contributed by atoms with Crippen molar-refractivity contribution in [2.75, 3.05) is 0 Å². The summed E-state index contributed by atoms with van der Waals surface area (Å²) in [6.45, 7) is 0. The van der Waals surface area contributed by atoms with Gasteiger partial charge in [-0.2, -0.15) is 0 Å². The molecule has 7 aromatic rings. The minimum atomic E-state index is -1.04. The van der Waals surface area contributed by atoms with Crippen LogP contribution in [0.5, 0.6) is 5.75 Å². The number of fused-ring (bicyclic) bond motifs is 1. The van der Waals surface area contributed by atoms with Crippen LogP contribution in [0.25, 0.3) is 43.5 Å². The average molecular weight is 651 g/mol. The number of hydrogen-bond donors (Lipinski definition) is 1. The molecule has 6 aromatic carbocycles. The molecule has 0 saturated carbocycles. The lowest BCUT2D eigenvalue weighted by atomic mass is 9.95. The van der Waals surface area contributed by atoms with Gasteiger partial charge in [0.2, 0.25) is 0 Å². The molecule has 3 nitrogen and oxygen atoms in total. The Kier molecular flexibility index (Phi) is 8.87. The molecule has 0 bridgehead atoms. The second-order valence-electron chi connectivity index (χ2n) is 11.5. The highest BCUT2D eigenvalue weighted by Crippen LogP contribution is 2.41. The van der Waals surface area contributed by atoms with Gasteiger partial charge in [-0.25, -0.2) is 4.79 Å². The van der Waals surface area contributed by atoms with Gasteiger partial charge in [0.1, 0.15) is 5.75 Å². The number of hydrogen-bond acceptors (Lipinski definition) is 3. The maximum Gasteiger partial charge on any atom is 0.345 e. The summed E-state index contributed by atoms with van der Waals surface area (Å²) in [7, 11) is 0. The van der Waals surface area contributed by atoms with Crippen LogP contribution in [0.4, 0.5) is 0 Å². The van der Waals surface area contributed by atoms with Gasteiger partial charge in [0.05, 0.1) is 0 Å². The molecule has 0 spiro atoms. The van der Waals surface area contributed by atoms with Gasteiger partial charge in [0, 0.05) is 44.0 Å². The molecule has 0 fully saturated rings. The van der Waals surface area contributed by atoms with Crippen molar-refractivity contribution in [1.82, 2.24) is 0 Å². The van der Waals surface area contributed by atoms with E-state index in [0.29, 0.717) is 10.8 Å². The maximum absolute atomic E-state index is 12.3. The summed E-state index contributed by atoms with van der Waals surface area (Å²) in [5, 5.41) is 12.0. The highest BCUT2D eigenvalue weighted by Gasteiger charge is 2.22. The lowest BCUT2D eigenvalue weighted by Gasteiger charge is -2.19. The van der Waals surface area contributed by atoms with Gasteiger partial charge in [-0.1, -0.05) is 133 Å². The first-order valence-electron chi connectivity index (χ1n) is 15.5. The smallest absolute Gasteiger partial charge is 0.345 e. The van der Waals surface area contributed by atoms with Crippen molar-refractivity contribution in [3.05, 3.63) is 173 Å². The second-order valence-corrected chi connectivity index (χ2v) is 13.1. The van der Waals surface area contributed by atoms with Crippen molar-refractivity contribution in [3.63, 3.8) is 0 Å². The van der Waals surface area contributed by atoms with Crippen LogP contribution in [0.3, 0.4) is 0 Å². The van der Waals surface area contributed by atoms with Crippen molar-refractivity contribution in [2.45, 2.75) is 18.9 Å². The normalized spacial score (nSPS) is 11.8. The fraction of sp³-hybridized carbons (Fsp3) is 0.0714. The van der Waals surface area contributed by atoms with Crippen molar-refractivity contribution < 1.29 is 14.6 Å². The Bertz CT molecular complexity index is 2140. The Balaban J connectivity index is 1.24. The summed E-state index contributed by atoms with van der Waals surface area (Å²) < 4.78 is 7.51. The van der Waals surface area contributed by atoms with Crippen LogP contribution in [-0.2, 0) is 17.6 Å². The average Bonchev–Trinajstić information content (AvgIpc) is 3.47. The van der Waals surface area contributed by atoms with Gasteiger partial charge in [-0.3, -0.25) is 0 Å². The number of rotatable bonds is 10. The highest BCUT2D eigenvalue weighted by molar-refractivity contribution is 7.19. The topological polar surface area (TPSA) is 46.5 Å². The van der Waals surface area contributed by atoms with E-state index in [9.17, 15) is 9.90 Å². The molecule has 47 heavy (non-hydrogen) atoms. The van der Waals surface area contributed by atoms with Crippen molar-refractivity contribution in [1.29, 1.82) is 0 Å². The van der Waals surface area contributed by atoms with E-state index in [1.807, 2.05) is 78.1 Å². The molecule has 0 aliphatic rings. The number of benzene rings is 6. The second kappa shape index (κ2) is 13.7. The molecule has 1 aromatic heterocycles. The van der Waals surface area contributed by atoms with Crippen LogP contribution >= 0.6 is 22.9 Å². The monoisotopic (exact) mass is 650 g/mol. The number of ether oxygens (including phenoxy) is 1. The Morgan fingerprint density at radius 3 is 1.96 bits per heavy atom. The zero-order valence-corrected chi connectivity index (χ0v) is 27.0. The zero-order chi connectivity index (χ0) is 32.2. The molecule has 0 aliphatic heterocycles. The SMILES string of the molecule is O=C(O)[C@H](Cc1ccccc1)Oc1ccc(-c2ccc(-c3c(Cc4ccccc4)sc4ccccc34)cc2)cc1-c1ccc(Cl)cc1. The third-order valence-electron chi connectivity index (χ3n) is 8.33. The van der Waals surface area contributed by atoms with E-state index in [0.717, 1.165) is 34.2 Å². The lowest BCUT2D eigenvalue weighted by Crippen LogP contribution is -2.29. The van der Waals surface area contributed by atoms with E-state index < -0.39 is 12.1 Å². The Labute approximate surface area is 283 Å². The molecular weight excluding hydrogens is 620 g/mol. The summed E-state index contributed by atoms with van der Waals surface area (Å²) in [4.78, 5) is 13.6. The van der Waals surface area contributed by atoms with Gasteiger partial charge in [-0.05, 0) is 63.7 Å². The number of carboxylic acid groups (broad SMARTS) is 1. The van der Waals surface area contributed by atoms with Gasteiger partial charge >= 0.3 is 5.97 Å². The van der Waals surface area contributed by atoms with E-state index >= 15 is 0 Å². The van der Waals surface area contributed by atoms with Crippen molar-refractivity contribution in [2.24, 2.45) is 0 Å². The van der Waals surface area contributed by atoms with Gasteiger partial charge in [-0.15, -0.1) is 11.3 Å². The largest absolute Gasteiger partial charge is 0.478 e. The third-order valence-corrected chi connectivity index (χ3v) is 9.75. The predicted octanol–water partition coefficient (Wildman–Crippen LogP) is 11.2. The molecule has 230 valence electrons. The number of thiophene rings is 1. The molecule has 1 atom stereocenters. The van der Waals surface area contributed by atoms with E-state index in [1.54, 1.807) is 0 Å². The first kappa shape index (κ1) is 30.5. The summed E-state index contributed by atoms with van der Waals surface area (Å²) >= 11 is 8.08. The number of carboxylic acids is 1. The zero-order valence-electron chi connectivity index (χ0n) is 25.5.